The molecule has 20 heavy (non-hydrogen) atoms. The van der Waals surface area contributed by atoms with Crippen molar-refractivity contribution in [1.29, 1.82) is 5.41 Å². The van der Waals surface area contributed by atoms with Crippen molar-refractivity contribution in [3.05, 3.63) is 0 Å². The third kappa shape index (κ3) is 4.80. The standard InChI is InChI=1S/C8H16N3O8P/c9-4(10)1-11-8(14)7-6(13)5(12)3(19-7)2-18-20(15,16)17/h3,5-7,12-13H,1-2H2,(H3,9,10)(H,11,14)(H2,15,16,17)/t3-,5-,6-,7?/m1/s1. The van der Waals surface area contributed by atoms with Crippen LogP contribution in [0.4, 0.5) is 0 Å². The lowest BCUT2D eigenvalue weighted by molar-refractivity contribution is -0.136. The number of carbonyl (C=O) groups is 1. The van der Waals surface area contributed by atoms with Crippen molar-refractivity contribution >= 4 is 19.6 Å². The summed E-state index contributed by atoms with van der Waals surface area (Å²) in [6, 6.07) is 0. The number of hydrogen-bond donors (Lipinski definition) is 7. The van der Waals surface area contributed by atoms with E-state index in [0.717, 1.165) is 0 Å². The second-order valence-electron chi connectivity index (χ2n) is 4.11. The van der Waals surface area contributed by atoms with Gasteiger partial charge in [0.2, 0.25) is 0 Å². The summed E-state index contributed by atoms with van der Waals surface area (Å²) in [7, 11) is -4.75. The van der Waals surface area contributed by atoms with E-state index in [4.69, 9.17) is 25.7 Å². The highest BCUT2D eigenvalue weighted by Gasteiger charge is 2.46. The minimum atomic E-state index is -4.75. The lowest BCUT2D eigenvalue weighted by Gasteiger charge is -2.14. The number of carbonyl (C=O) groups excluding carboxylic acids is 1. The smallest absolute Gasteiger partial charge is 0.387 e. The van der Waals surface area contributed by atoms with Gasteiger partial charge in [0.05, 0.1) is 13.2 Å². The van der Waals surface area contributed by atoms with E-state index in [1.807, 2.05) is 0 Å². The Balaban J connectivity index is 2.57. The van der Waals surface area contributed by atoms with Crippen LogP contribution in [-0.2, 0) is 18.6 Å². The lowest BCUT2D eigenvalue weighted by atomic mass is 10.1. The fraction of sp³-hybridized carbons (Fsp3) is 0.750. The topological polar surface area (TPSA) is 195 Å². The average Bonchev–Trinajstić information content (AvgIpc) is 2.60. The maximum atomic E-state index is 11.6. The number of phosphoric acid groups is 1. The summed E-state index contributed by atoms with van der Waals surface area (Å²) < 4.78 is 19.7. The molecular formula is C8H16N3O8P. The molecule has 0 aromatic carbocycles. The predicted octanol–water partition coefficient (Wildman–Crippen LogP) is -3.36. The van der Waals surface area contributed by atoms with Crippen LogP contribution in [0.15, 0.2) is 0 Å². The number of ether oxygens (including phenoxy) is 1. The van der Waals surface area contributed by atoms with Gasteiger partial charge in [-0.15, -0.1) is 0 Å². The number of aliphatic hydroxyl groups is 2. The molecule has 1 aliphatic rings. The molecule has 1 fully saturated rings. The first-order valence-corrected chi connectivity index (χ1v) is 6.97. The molecule has 0 saturated carbocycles. The molecule has 116 valence electrons. The van der Waals surface area contributed by atoms with Crippen LogP contribution in [0, 0.1) is 5.41 Å². The average molecular weight is 313 g/mol. The molecule has 0 aromatic rings. The van der Waals surface area contributed by atoms with Gasteiger partial charge >= 0.3 is 7.82 Å². The molecule has 12 heteroatoms. The van der Waals surface area contributed by atoms with Crippen LogP contribution in [-0.4, -0.2) is 69.3 Å². The summed E-state index contributed by atoms with van der Waals surface area (Å²) in [5, 5.41) is 28.3. The van der Waals surface area contributed by atoms with Crippen molar-refractivity contribution < 1.29 is 38.6 Å². The first-order chi connectivity index (χ1) is 9.11. The Morgan fingerprint density at radius 1 is 1.40 bits per heavy atom. The van der Waals surface area contributed by atoms with Gasteiger partial charge < -0.3 is 35.8 Å². The monoisotopic (exact) mass is 313 g/mol. The largest absolute Gasteiger partial charge is 0.469 e. The highest BCUT2D eigenvalue weighted by atomic mass is 31.2. The number of nitrogens with two attached hydrogens (primary N) is 1. The molecule has 1 amide bonds. The van der Waals surface area contributed by atoms with E-state index >= 15 is 0 Å². The Kier molecular flexibility index (Phi) is 5.59. The first kappa shape index (κ1) is 17.0. The molecule has 0 spiro atoms. The molecule has 0 aliphatic carbocycles. The van der Waals surface area contributed by atoms with Gasteiger partial charge in [0.15, 0.2) is 6.10 Å². The van der Waals surface area contributed by atoms with Crippen molar-refractivity contribution in [2.75, 3.05) is 13.2 Å². The number of amidine groups is 1. The maximum absolute atomic E-state index is 11.6. The summed E-state index contributed by atoms with van der Waals surface area (Å²) in [6.07, 6.45) is -5.86. The molecule has 0 aromatic heterocycles. The van der Waals surface area contributed by atoms with Crippen LogP contribution in [0.5, 0.6) is 0 Å². The van der Waals surface area contributed by atoms with E-state index in [1.54, 1.807) is 0 Å². The zero-order valence-electron chi connectivity index (χ0n) is 10.2. The van der Waals surface area contributed by atoms with Crippen molar-refractivity contribution in [3.8, 4) is 0 Å². The molecule has 8 N–H and O–H groups in total. The van der Waals surface area contributed by atoms with Crippen LogP contribution in [0.1, 0.15) is 0 Å². The molecule has 0 radical (unpaired) electrons. The van der Waals surface area contributed by atoms with E-state index in [0.29, 0.717) is 0 Å². The van der Waals surface area contributed by atoms with Gasteiger partial charge in [0, 0.05) is 0 Å². The van der Waals surface area contributed by atoms with Gasteiger partial charge in [-0.2, -0.15) is 0 Å². The molecule has 1 saturated heterocycles. The van der Waals surface area contributed by atoms with Gasteiger partial charge in [-0.05, 0) is 0 Å². The van der Waals surface area contributed by atoms with Crippen LogP contribution in [0.25, 0.3) is 0 Å². The van der Waals surface area contributed by atoms with E-state index < -0.39 is 44.8 Å². The second-order valence-corrected chi connectivity index (χ2v) is 5.35. The van der Waals surface area contributed by atoms with Crippen LogP contribution >= 0.6 is 7.82 Å². The fourth-order valence-electron chi connectivity index (χ4n) is 1.56. The lowest BCUT2D eigenvalue weighted by Crippen LogP contribution is -2.45. The second kappa shape index (κ2) is 6.59. The molecule has 4 atom stereocenters. The normalized spacial score (nSPS) is 30.2. The number of aliphatic hydroxyl groups excluding tert-OH is 2. The molecule has 1 aliphatic heterocycles. The van der Waals surface area contributed by atoms with Gasteiger partial charge in [-0.3, -0.25) is 14.7 Å². The highest BCUT2D eigenvalue weighted by molar-refractivity contribution is 7.46. The van der Waals surface area contributed by atoms with E-state index in [1.165, 1.54) is 0 Å². The molecule has 0 bridgehead atoms. The van der Waals surface area contributed by atoms with Crippen molar-refractivity contribution in [2.45, 2.75) is 24.4 Å². The minimum absolute atomic E-state index is 0.259. The van der Waals surface area contributed by atoms with Crippen LogP contribution in [0.2, 0.25) is 0 Å². The molecular weight excluding hydrogens is 297 g/mol. The summed E-state index contributed by atoms with van der Waals surface area (Å²) in [5.41, 5.74) is 5.03. The van der Waals surface area contributed by atoms with E-state index in [2.05, 4.69) is 9.84 Å². The molecule has 11 nitrogen and oxygen atoms in total. The predicted molar refractivity (Wildman–Crippen MR) is 63.6 cm³/mol. The Labute approximate surface area is 113 Å². The fourth-order valence-corrected chi connectivity index (χ4v) is 1.90. The third-order valence-corrected chi connectivity index (χ3v) is 2.97. The van der Waals surface area contributed by atoms with Crippen molar-refractivity contribution in [3.63, 3.8) is 0 Å². The van der Waals surface area contributed by atoms with Gasteiger partial charge in [0.1, 0.15) is 24.1 Å². The van der Waals surface area contributed by atoms with Crippen molar-refractivity contribution in [2.24, 2.45) is 5.73 Å². The number of phosphoric ester groups is 1. The SMILES string of the molecule is N=C(N)CNC(=O)C1O[C@H](COP(=O)(O)O)[C@@H](O)[C@H]1O. The Morgan fingerprint density at radius 3 is 2.50 bits per heavy atom. The van der Waals surface area contributed by atoms with E-state index in [-0.39, 0.29) is 12.4 Å². The van der Waals surface area contributed by atoms with Gasteiger partial charge in [0.25, 0.3) is 5.91 Å². The maximum Gasteiger partial charge on any atom is 0.469 e. The number of rotatable bonds is 6. The minimum Gasteiger partial charge on any atom is -0.387 e. The quantitative estimate of drug-likeness (QED) is 0.149. The summed E-state index contributed by atoms with van der Waals surface area (Å²) in [6.45, 7) is -0.954. The van der Waals surface area contributed by atoms with Gasteiger partial charge in [-0.1, -0.05) is 0 Å². The highest BCUT2D eigenvalue weighted by Crippen LogP contribution is 2.37. The van der Waals surface area contributed by atoms with E-state index in [9.17, 15) is 19.6 Å². The van der Waals surface area contributed by atoms with Gasteiger partial charge in [-0.25, -0.2) is 4.57 Å². The summed E-state index contributed by atoms with van der Waals surface area (Å²) in [4.78, 5) is 28.6. The number of hydrogen-bond acceptors (Lipinski definition) is 7. The Morgan fingerprint density at radius 2 is 2.00 bits per heavy atom. The zero-order valence-corrected chi connectivity index (χ0v) is 11.1. The first-order valence-electron chi connectivity index (χ1n) is 5.44. The third-order valence-electron chi connectivity index (χ3n) is 2.48. The Bertz CT molecular complexity index is 426. The Hall–Kier alpha value is -1.07. The molecule has 1 heterocycles. The summed E-state index contributed by atoms with van der Waals surface area (Å²) >= 11 is 0. The molecule has 1 rings (SSSR count). The number of nitrogens with one attached hydrogen (secondary N) is 2. The molecule has 1 unspecified atom stereocenters. The number of amides is 1. The van der Waals surface area contributed by atoms with Crippen molar-refractivity contribution in [1.82, 2.24) is 5.32 Å². The summed E-state index contributed by atoms with van der Waals surface area (Å²) in [5.74, 6) is -1.13. The van der Waals surface area contributed by atoms with Crippen LogP contribution in [0.3, 0.4) is 0 Å². The van der Waals surface area contributed by atoms with Crippen LogP contribution < -0.4 is 11.1 Å². The zero-order chi connectivity index (χ0) is 15.5.